The summed E-state index contributed by atoms with van der Waals surface area (Å²) in [5, 5.41) is 8.79. The van der Waals surface area contributed by atoms with E-state index in [1.165, 1.54) is 0 Å². The van der Waals surface area contributed by atoms with Crippen LogP contribution >= 0.6 is 0 Å². The molecule has 0 bridgehead atoms. The summed E-state index contributed by atoms with van der Waals surface area (Å²) in [5.41, 5.74) is 4.35. The molecule has 158 valence electrons. The number of carbonyl (C=O) groups is 1. The molecule has 0 saturated heterocycles. The highest BCUT2D eigenvalue weighted by Gasteiger charge is 2.16. The molecule has 31 heavy (non-hydrogen) atoms. The van der Waals surface area contributed by atoms with Crippen LogP contribution in [-0.4, -0.2) is 37.9 Å². The summed E-state index contributed by atoms with van der Waals surface area (Å²) in [5.74, 6) is 0.708. The van der Waals surface area contributed by atoms with Gasteiger partial charge in [0.05, 0.1) is 11.0 Å². The van der Waals surface area contributed by atoms with Crippen molar-refractivity contribution in [3.8, 4) is 17.3 Å². The Bertz CT molecular complexity index is 1180. The fourth-order valence-corrected chi connectivity index (χ4v) is 3.12. The third-order valence-corrected chi connectivity index (χ3v) is 4.95. The zero-order valence-electron chi connectivity index (χ0n) is 17.1. The first-order valence-corrected chi connectivity index (χ1v) is 9.81. The van der Waals surface area contributed by atoms with E-state index in [1.807, 2.05) is 60.9 Å². The van der Waals surface area contributed by atoms with Gasteiger partial charge in [-0.05, 0) is 62.4 Å². The fraction of sp³-hybridized carbons (Fsp3) is 0.174. The van der Waals surface area contributed by atoms with E-state index in [9.17, 15) is 4.79 Å². The van der Waals surface area contributed by atoms with Crippen molar-refractivity contribution in [2.45, 2.75) is 26.1 Å². The Kier molecular flexibility index (Phi) is 5.81. The van der Waals surface area contributed by atoms with E-state index >= 15 is 0 Å². The minimum absolute atomic E-state index is 0.182. The molecule has 0 saturated carbocycles. The Morgan fingerprint density at radius 1 is 1.00 bits per heavy atom. The van der Waals surface area contributed by atoms with Gasteiger partial charge in [-0.2, -0.15) is 0 Å². The summed E-state index contributed by atoms with van der Waals surface area (Å²) >= 11 is 0. The number of ether oxygens (including phenoxy) is 2. The van der Waals surface area contributed by atoms with Gasteiger partial charge >= 0.3 is 0 Å². The summed E-state index contributed by atoms with van der Waals surface area (Å²) in [7, 11) is 0. The maximum Gasteiger partial charge on any atom is 0.274 e. The lowest BCUT2D eigenvalue weighted by Gasteiger charge is -2.22. The number of nitrogens with zero attached hydrogens (tertiary/aromatic N) is 3. The quantitative estimate of drug-likeness (QED) is 0.350. The number of carbonyl (C=O) groups excluding carboxylic acids is 1. The molecule has 8 heteroatoms. The number of benzene rings is 2. The highest BCUT2D eigenvalue weighted by Crippen LogP contribution is 2.23. The number of pyridine rings is 1. The topological polar surface area (TPSA) is 98.5 Å². The Balaban J connectivity index is 1.46. The predicted molar refractivity (Wildman–Crippen MR) is 115 cm³/mol. The van der Waals surface area contributed by atoms with Crippen molar-refractivity contribution in [2.24, 2.45) is 0 Å². The Labute approximate surface area is 179 Å². The van der Waals surface area contributed by atoms with E-state index < -0.39 is 5.91 Å². The van der Waals surface area contributed by atoms with Crippen LogP contribution in [-0.2, 0) is 0 Å². The fourth-order valence-electron chi connectivity index (χ4n) is 3.12. The van der Waals surface area contributed by atoms with Gasteiger partial charge in [0, 0.05) is 23.5 Å². The van der Waals surface area contributed by atoms with Crippen LogP contribution < -0.4 is 15.0 Å². The van der Waals surface area contributed by atoms with Crippen LogP contribution in [0.25, 0.3) is 16.7 Å². The highest BCUT2D eigenvalue weighted by molar-refractivity contribution is 5.96. The van der Waals surface area contributed by atoms with Crippen LogP contribution in [0, 0.1) is 0 Å². The van der Waals surface area contributed by atoms with Gasteiger partial charge in [-0.25, -0.2) is 15.4 Å². The summed E-state index contributed by atoms with van der Waals surface area (Å²) in [4.78, 5) is 20.1. The zero-order chi connectivity index (χ0) is 21.8. The molecule has 2 aromatic carbocycles. The molecule has 0 aliphatic heterocycles. The molecule has 2 unspecified atom stereocenters. The first-order valence-electron chi connectivity index (χ1n) is 9.81. The van der Waals surface area contributed by atoms with Gasteiger partial charge in [0.15, 0.2) is 0 Å². The van der Waals surface area contributed by atoms with Crippen molar-refractivity contribution in [1.82, 2.24) is 20.0 Å². The summed E-state index contributed by atoms with van der Waals surface area (Å²) in [6, 6.07) is 18.2. The minimum atomic E-state index is -0.576. The number of hydrogen-bond donors (Lipinski definition) is 2. The number of fused-ring (bicyclic) bond motifs is 1. The number of nitrogens with one attached hydrogen (secondary N) is 1. The SMILES string of the molecule is CC(Oc1ccc(-n2cnc3cc(C(=O)NO)ccc32)cc1)C(C)Oc1ccccn1. The summed E-state index contributed by atoms with van der Waals surface area (Å²) < 4.78 is 13.8. The number of amides is 1. The normalized spacial score (nSPS) is 12.9. The second-order valence-corrected chi connectivity index (χ2v) is 7.07. The molecular weight excluding hydrogens is 396 g/mol. The molecule has 0 aliphatic carbocycles. The van der Waals surface area contributed by atoms with Crippen LogP contribution in [0.4, 0.5) is 0 Å². The minimum Gasteiger partial charge on any atom is -0.487 e. The van der Waals surface area contributed by atoms with E-state index in [1.54, 1.807) is 36.2 Å². The van der Waals surface area contributed by atoms with Crippen LogP contribution in [0.3, 0.4) is 0 Å². The number of hydroxylamine groups is 1. The van der Waals surface area contributed by atoms with Gasteiger partial charge in [-0.15, -0.1) is 0 Å². The predicted octanol–water partition coefficient (Wildman–Crippen LogP) is 3.77. The lowest BCUT2D eigenvalue weighted by molar-refractivity contribution is 0.0706. The second kappa shape index (κ2) is 8.85. The number of rotatable bonds is 7. The van der Waals surface area contributed by atoms with E-state index in [0.717, 1.165) is 17.0 Å². The third kappa shape index (κ3) is 4.49. The third-order valence-electron chi connectivity index (χ3n) is 4.95. The van der Waals surface area contributed by atoms with Gasteiger partial charge in [-0.1, -0.05) is 6.07 Å². The lowest BCUT2D eigenvalue weighted by Crippen LogP contribution is -2.31. The summed E-state index contributed by atoms with van der Waals surface area (Å²) in [6.07, 6.45) is 3.01. The maximum atomic E-state index is 11.6. The standard InChI is InChI=1S/C23H22N4O4/c1-15(16(2)31-22-5-3-4-12-24-22)30-19-9-7-18(8-10-19)27-14-25-20-13-17(23(28)26-29)6-11-21(20)27/h3-16,29H,1-2H3,(H,26,28). The van der Waals surface area contributed by atoms with Crippen molar-refractivity contribution in [2.75, 3.05) is 0 Å². The average molecular weight is 418 g/mol. The van der Waals surface area contributed by atoms with Gasteiger partial charge in [-0.3, -0.25) is 14.6 Å². The smallest absolute Gasteiger partial charge is 0.274 e. The van der Waals surface area contributed by atoms with Crippen molar-refractivity contribution >= 4 is 16.9 Å². The number of aromatic nitrogens is 3. The first-order chi connectivity index (χ1) is 15.0. The van der Waals surface area contributed by atoms with E-state index in [2.05, 4.69) is 9.97 Å². The highest BCUT2D eigenvalue weighted by atomic mass is 16.5. The monoisotopic (exact) mass is 418 g/mol. The van der Waals surface area contributed by atoms with Gasteiger partial charge in [0.1, 0.15) is 24.3 Å². The van der Waals surface area contributed by atoms with E-state index in [0.29, 0.717) is 17.0 Å². The van der Waals surface area contributed by atoms with Crippen molar-refractivity contribution in [1.29, 1.82) is 0 Å². The molecule has 2 heterocycles. The second-order valence-electron chi connectivity index (χ2n) is 7.07. The molecule has 0 spiro atoms. The first kappa shape index (κ1) is 20.4. The molecule has 2 aromatic heterocycles. The van der Waals surface area contributed by atoms with Crippen molar-refractivity contribution in [3.05, 3.63) is 78.8 Å². The average Bonchev–Trinajstić information content (AvgIpc) is 3.23. The zero-order valence-corrected chi connectivity index (χ0v) is 17.1. The molecule has 4 rings (SSSR count). The molecule has 0 aliphatic rings. The molecule has 8 nitrogen and oxygen atoms in total. The van der Waals surface area contributed by atoms with Crippen LogP contribution in [0.1, 0.15) is 24.2 Å². The van der Waals surface area contributed by atoms with Gasteiger partial charge in [0.2, 0.25) is 5.88 Å². The molecular formula is C23H22N4O4. The number of imidazole rings is 1. The number of hydrogen-bond acceptors (Lipinski definition) is 6. The molecule has 1 amide bonds. The van der Waals surface area contributed by atoms with E-state index in [4.69, 9.17) is 14.7 Å². The largest absolute Gasteiger partial charge is 0.487 e. The lowest BCUT2D eigenvalue weighted by atomic mass is 10.2. The summed E-state index contributed by atoms with van der Waals surface area (Å²) in [6.45, 7) is 3.89. The molecule has 0 radical (unpaired) electrons. The van der Waals surface area contributed by atoms with E-state index in [-0.39, 0.29) is 12.2 Å². The van der Waals surface area contributed by atoms with Crippen LogP contribution in [0.5, 0.6) is 11.6 Å². The Hall–Kier alpha value is -3.91. The van der Waals surface area contributed by atoms with Crippen LogP contribution in [0.2, 0.25) is 0 Å². The molecule has 2 atom stereocenters. The van der Waals surface area contributed by atoms with Crippen molar-refractivity contribution < 1.29 is 19.5 Å². The maximum absolute atomic E-state index is 11.6. The Morgan fingerprint density at radius 2 is 1.77 bits per heavy atom. The Morgan fingerprint density at radius 3 is 2.48 bits per heavy atom. The van der Waals surface area contributed by atoms with Crippen LogP contribution in [0.15, 0.2) is 73.2 Å². The molecule has 0 fully saturated rings. The molecule has 4 aromatic rings. The molecule has 2 N–H and O–H groups in total. The van der Waals surface area contributed by atoms with Gasteiger partial charge in [0.25, 0.3) is 5.91 Å². The van der Waals surface area contributed by atoms with Crippen molar-refractivity contribution in [3.63, 3.8) is 0 Å². The van der Waals surface area contributed by atoms with Gasteiger partial charge < -0.3 is 9.47 Å².